The fourth-order valence-electron chi connectivity index (χ4n) is 1.23. The Bertz CT molecular complexity index is 487. The molecule has 0 saturated heterocycles. The third-order valence-electron chi connectivity index (χ3n) is 1.94. The molecule has 72 valence electrons. The van der Waals surface area contributed by atoms with E-state index in [9.17, 15) is 4.79 Å². The van der Waals surface area contributed by atoms with Crippen LogP contribution in [-0.4, -0.2) is 16.0 Å². The van der Waals surface area contributed by atoms with Crippen molar-refractivity contribution >= 4 is 11.8 Å². The van der Waals surface area contributed by atoms with E-state index in [1.165, 1.54) is 12.4 Å². The van der Waals surface area contributed by atoms with E-state index in [2.05, 4.69) is 15.0 Å². The lowest BCUT2D eigenvalue weighted by molar-refractivity contribution is 0.565. The summed E-state index contributed by atoms with van der Waals surface area (Å²) in [5.41, 5.74) is 2.50. The molecule has 0 saturated carbocycles. The van der Waals surface area contributed by atoms with Gasteiger partial charge >= 0.3 is 0 Å². The van der Waals surface area contributed by atoms with Crippen molar-refractivity contribution in [1.29, 1.82) is 0 Å². The van der Waals surface area contributed by atoms with Gasteiger partial charge in [-0.25, -0.2) is 14.8 Å². The summed E-state index contributed by atoms with van der Waals surface area (Å²) in [6.45, 7) is 0. The summed E-state index contributed by atoms with van der Waals surface area (Å²) < 4.78 is 0. The number of aliphatic imine (C=N–C) groups is 1. The van der Waals surface area contributed by atoms with Gasteiger partial charge < -0.3 is 0 Å². The Labute approximate surface area is 86.3 Å². The Balaban J connectivity index is 2.36. The van der Waals surface area contributed by atoms with E-state index in [0.717, 1.165) is 11.1 Å². The molecule has 1 aromatic carbocycles. The zero-order valence-electron chi connectivity index (χ0n) is 7.79. The molecule has 15 heavy (non-hydrogen) atoms. The summed E-state index contributed by atoms with van der Waals surface area (Å²) in [5, 5.41) is 0. The summed E-state index contributed by atoms with van der Waals surface area (Å²) in [4.78, 5) is 21.4. The number of carbonyl (C=O) groups excluding carboxylic acids is 1. The van der Waals surface area contributed by atoms with Crippen LogP contribution >= 0.6 is 0 Å². The van der Waals surface area contributed by atoms with Gasteiger partial charge in [0.25, 0.3) is 0 Å². The fourth-order valence-corrected chi connectivity index (χ4v) is 1.23. The van der Waals surface area contributed by atoms with Crippen LogP contribution in [0, 0.1) is 0 Å². The maximum atomic E-state index is 10.0. The number of isocyanates is 1. The summed E-state index contributed by atoms with van der Waals surface area (Å²) in [7, 11) is 0. The zero-order chi connectivity index (χ0) is 10.5. The van der Waals surface area contributed by atoms with Crippen LogP contribution in [0.3, 0.4) is 0 Å². The largest absolute Gasteiger partial charge is 0.244 e. The highest BCUT2D eigenvalue weighted by molar-refractivity contribution is 5.64. The van der Waals surface area contributed by atoms with Crippen molar-refractivity contribution in [3.8, 4) is 11.1 Å². The summed E-state index contributed by atoms with van der Waals surface area (Å²) in [5.74, 6) is 0. The topological polar surface area (TPSA) is 55.2 Å². The number of hydrogen-bond donors (Lipinski definition) is 0. The number of nitrogens with zero attached hydrogens (tertiary/aromatic N) is 3. The number of benzene rings is 1. The van der Waals surface area contributed by atoms with Crippen LogP contribution in [0.25, 0.3) is 11.1 Å². The quantitative estimate of drug-likeness (QED) is 0.547. The molecular weight excluding hydrogens is 190 g/mol. The summed E-state index contributed by atoms with van der Waals surface area (Å²) in [6, 6.07) is 7.20. The Morgan fingerprint density at radius 1 is 1.00 bits per heavy atom. The van der Waals surface area contributed by atoms with Gasteiger partial charge in [-0.1, -0.05) is 12.1 Å². The molecule has 0 bridgehead atoms. The second-order valence-corrected chi connectivity index (χ2v) is 2.88. The van der Waals surface area contributed by atoms with Crippen LogP contribution in [0.1, 0.15) is 0 Å². The van der Waals surface area contributed by atoms with E-state index >= 15 is 0 Å². The van der Waals surface area contributed by atoms with E-state index in [0.29, 0.717) is 5.69 Å². The average Bonchev–Trinajstić information content (AvgIpc) is 2.32. The van der Waals surface area contributed by atoms with Gasteiger partial charge in [0, 0.05) is 18.0 Å². The predicted octanol–water partition coefficient (Wildman–Crippen LogP) is 2.11. The monoisotopic (exact) mass is 197 g/mol. The maximum absolute atomic E-state index is 10.0. The minimum atomic E-state index is 0.589. The molecule has 0 amide bonds. The summed E-state index contributed by atoms with van der Waals surface area (Å²) in [6.07, 6.45) is 6.43. The highest BCUT2D eigenvalue weighted by atomic mass is 16.1. The van der Waals surface area contributed by atoms with Gasteiger partial charge in [-0.2, -0.15) is 4.99 Å². The molecule has 0 spiro atoms. The molecule has 0 N–H and O–H groups in total. The first-order valence-corrected chi connectivity index (χ1v) is 4.33. The van der Waals surface area contributed by atoms with Crippen LogP contribution in [0.15, 0.2) is 48.0 Å². The molecule has 0 unspecified atom stereocenters. The molecule has 4 heteroatoms. The SMILES string of the molecule is O=C=Nc1ccc(-c2cncnc2)cc1. The van der Waals surface area contributed by atoms with E-state index in [1.807, 2.05) is 12.1 Å². The third-order valence-corrected chi connectivity index (χ3v) is 1.94. The van der Waals surface area contributed by atoms with Crippen molar-refractivity contribution in [2.24, 2.45) is 4.99 Å². The van der Waals surface area contributed by atoms with Gasteiger partial charge in [0.2, 0.25) is 6.08 Å². The third kappa shape index (κ3) is 2.13. The maximum Gasteiger partial charge on any atom is 0.240 e. The lowest BCUT2D eigenvalue weighted by Crippen LogP contribution is -1.80. The van der Waals surface area contributed by atoms with Crippen molar-refractivity contribution in [2.45, 2.75) is 0 Å². The minimum absolute atomic E-state index is 0.589. The van der Waals surface area contributed by atoms with Crippen molar-refractivity contribution < 1.29 is 4.79 Å². The van der Waals surface area contributed by atoms with Crippen molar-refractivity contribution in [2.75, 3.05) is 0 Å². The van der Waals surface area contributed by atoms with Crippen LogP contribution < -0.4 is 0 Å². The normalized spacial score (nSPS) is 9.33. The van der Waals surface area contributed by atoms with Crippen molar-refractivity contribution in [3.63, 3.8) is 0 Å². The number of aromatic nitrogens is 2. The van der Waals surface area contributed by atoms with Gasteiger partial charge in [0.1, 0.15) is 6.33 Å². The van der Waals surface area contributed by atoms with Crippen molar-refractivity contribution in [3.05, 3.63) is 43.0 Å². The van der Waals surface area contributed by atoms with Gasteiger partial charge in [-0.15, -0.1) is 0 Å². The molecule has 0 atom stereocenters. The number of rotatable bonds is 2. The van der Waals surface area contributed by atoms with E-state index < -0.39 is 0 Å². The fraction of sp³-hybridized carbons (Fsp3) is 0. The summed E-state index contributed by atoms with van der Waals surface area (Å²) >= 11 is 0. The van der Waals surface area contributed by atoms with Crippen LogP contribution in [0.4, 0.5) is 5.69 Å². The van der Waals surface area contributed by atoms with Gasteiger partial charge in [-0.3, -0.25) is 0 Å². The first-order chi connectivity index (χ1) is 7.40. The molecule has 4 nitrogen and oxygen atoms in total. The molecule has 0 radical (unpaired) electrons. The molecule has 0 aliphatic heterocycles. The second-order valence-electron chi connectivity index (χ2n) is 2.88. The predicted molar refractivity (Wildman–Crippen MR) is 55.2 cm³/mol. The molecule has 0 aliphatic carbocycles. The second kappa shape index (κ2) is 4.26. The molecule has 2 rings (SSSR count). The molecule has 0 aliphatic rings. The van der Waals surface area contributed by atoms with E-state index in [-0.39, 0.29) is 0 Å². The number of hydrogen-bond acceptors (Lipinski definition) is 4. The minimum Gasteiger partial charge on any atom is -0.244 e. The molecule has 0 fully saturated rings. The van der Waals surface area contributed by atoms with Crippen LogP contribution in [0.2, 0.25) is 0 Å². The highest BCUT2D eigenvalue weighted by Gasteiger charge is 1.97. The molecule has 2 aromatic rings. The zero-order valence-corrected chi connectivity index (χ0v) is 7.79. The Kier molecular flexibility index (Phi) is 2.63. The average molecular weight is 197 g/mol. The van der Waals surface area contributed by atoms with Gasteiger partial charge in [0.05, 0.1) is 5.69 Å². The van der Waals surface area contributed by atoms with Crippen LogP contribution in [-0.2, 0) is 4.79 Å². The lowest BCUT2D eigenvalue weighted by atomic mass is 10.1. The highest BCUT2D eigenvalue weighted by Crippen LogP contribution is 2.20. The van der Waals surface area contributed by atoms with Crippen LogP contribution in [0.5, 0.6) is 0 Å². The standard InChI is InChI=1S/C11H7N3O/c15-8-14-11-3-1-9(2-4-11)10-5-12-7-13-6-10/h1-7H. The van der Waals surface area contributed by atoms with Crippen molar-refractivity contribution in [1.82, 2.24) is 9.97 Å². The van der Waals surface area contributed by atoms with Gasteiger partial charge in [-0.05, 0) is 17.7 Å². The molecular formula is C11H7N3O. The first kappa shape index (κ1) is 9.24. The first-order valence-electron chi connectivity index (χ1n) is 4.33. The van der Waals surface area contributed by atoms with E-state index in [1.54, 1.807) is 24.5 Å². The Morgan fingerprint density at radius 3 is 2.27 bits per heavy atom. The Morgan fingerprint density at radius 2 is 1.67 bits per heavy atom. The molecule has 1 aromatic heterocycles. The van der Waals surface area contributed by atoms with E-state index in [4.69, 9.17) is 0 Å². The molecule has 1 heterocycles. The lowest BCUT2D eigenvalue weighted by Gasteiger charge is -1.99. The van der Waals surface area contributed by atoms with Gasteiger partial charge in [0.15, 0.2) is 0 Å². The Hall–Kier alpha value is -2.32. The smallest absolute Gasteiger partial charge is 0.240 e.